The first kappa shape index (κ1) is 38.9. The Morgan fingerprint density at radius 3 is 2.02 bits per heavy atom. The zero-order chi connectivity index (χ0) is 35.2. The number of aryl methyl sites for hydroxylation is 1. The number of alkyl halides is 3. The number of carbonyl (C=O) groups is 1. The number of carboxylic acid groups (broad SMARTS) is 1. The van der Waals surface area contributed by atoms with Crippen molar-refractivity contribution in [3.63, 3.8) is 0 Å². The fourth-order valence-electron chi connectivity index (χ4n) is 4.44. The number of hydrogen-bond acceptors (Lipinski definition) is 7. The molecule has 0 aliphatic heterocycles. The Morgan fingerprint density at radius 1 is 0.917 bits per heavy atom. The predicted molar refractivity (Wildman–Crippen MR) is 183 cm³/mol. The van der Waals surface area contributed by atoms with Gasteiger partial charge in [0.05, 0.1) is 6.42 Å². The summed E-state index contributed by atoms with van der Waals surface area (Å²) in [5.41, 5.74) is 4.11. The summed E-state index contributed by atoms with van der Waals surface area (Å²) in [5, 5.41) is 24.2. The number of benzene rings is 3. The highest BCUT2D eigenvalue weighted by Crippen LogP contribution is 2.43. The lowest BCUT2D eigenvalue weighted by molar-refractivity contribution is -0.137. The van der Waals surface area contributed by atoms with Gasteiger partial charge in [0, 0.05) is 36.7 Å². The lowest BCUT2D eigenvalue weighted by Crippen LogP contribution is -2.20. The average molecular weight is 707 g/mol. The van der Waals surface area contributed by atoms with Crippen molar-refractivity contribution in [2.45, 2.75) is 57.9 Å². The number of aliphatic hydroxyl groups excluding tert-OH is 1. The number of carboxylic acids is 1. The Kier molecular flexibility index (Phi) is 15.3. The van der Waals surface area contributed by atoms with Crippen molar-refractivity contribution in [1.29, 1.82) is 0 Å². The van der Waals surface area contributed by atoms with Crippen LogP contribution in [0.3, 0.4) is 0 Å². The second-order valence-corrected chi connectivity index (χ2v) is 14.8. The standard InChI is InChI=1S/C22H20F3NO3S.C13H22NO3P/c23-22(24,25)21-19(16-4-2-1-3-5-16)12-18(30-21)14-29-17-8-6-15(7-9-17)13-26-11-10-20(27)28;1-3-11-4-6-12(7-5-11)10-14-9-8-13(15)18(2,16)17/h1-9,12,26H,10-11,13-14H2,(H,27,28);4-7,13-15H,3,8-10H2,1-2H3,(H,16,17). The first-order chi connectivity index (χ1) is 22.8. The lowest BCUT2D eigenvalue weighted by atomic mass is 10.1. The van der Waals surface area contributed by atoms with Crippen molar-refractivity contribution in [3.8, 4) is 16.9 Å². The quantitative estimate of drug-likeness (QED) is 0.0598. The first-order valence-electron chi connectivity index (χ1n) is 15.4. The van der Waals surface area contributed by atoms with Gasteiger partial charge in [-0.05, 0) is 59.8 Å². The normalized spacial score (nSPS) is 13.2. The van der Waals surface area contributed by atoms with Crippen LogP contribution in [0.4, 0.5) is 13.2 Å². The lowest BCUT2D eigenvalue weighted by Gasteiger charge is -2.14. The molecule has 0 amide bonds. The van der Waals surface area contributed by atoms with E-state index >= 15 is 0 Å². The molecular weight excluding hydrogens is 664 g/mol. The molecule has 260 valence electrons. The van der Waals surface area contributed by atoms with E-state index in [2.05, 4.69) is 41.8 Å². The van der Waals surface area contributed by atoms with Crippen LogP contribution in [0.25, 0.3) is 11.1 Å². The Bertz CT molecular complexity index is 1590. The molecule has 2 atom stereocenters. The van der Waals surface area contributed by atoms with Crippen LogP contribution in [0.2, 0.25) is 0 Å². The maximum Gasteiger partial charge on any atom is 0.426 e. The largest absolute Gasteiger partial charge is 0.488 e. The van der Waals surface area contributed by atoms with Crippen LogP contribution in [-0.2, 0) is 41.7 Å². The third-order valence-electron chi connectivity index (χ3n) is 7.17. The summed E-state index contributed by atoms with van der Waals surface area (Å²) in [6, 6.07) is 25.5. The second kappa shape index (κ2) is 18.9. The molecule has 0 saturated heterocycles. The van der Waals surface area contributed by atoms with E-state index in [4.69, 9.17) is 14.7 Å². The molecule has 2 unspecified atom stereocenters. The predicted octanol–water partition coefficient (Wildman–Crippen LogP) is 7.52. The van der Waals surface area contributed by atoms with E-state index in [1.54, 1.807) is 42.5 Å². The summed E-state index contributed by atoms with van der Waals surface area (Å²) < 4.78 is 57.2. The number of aliphatic hydroxyl groups is 1. The molecule has 0 bridgehead atoms. The van der Waals surface area contributed by atoms with E-state index in [9.17, 15) is 27.6 Å². The van der Waals surface area contributed by atoms with E-state index in [-0.39, 0.29) is 25.0 Å². The van der Waals surface area contributed by atoms with Gasteiger partial charge in [-0.15, -0.1) is 11.3 Å². The van der Waals surface area contributed by atoms with Crippen LogP contribution < -0.4 is 15.4 Å². The minimum atomic E-state index is -4.43. The summed E-state index contributed by atoms with van der Waals surface area (Å²) in [6.45, 7) is 5.46. The van der Waals surface area contributed by atoms with E-state index in [1.165, 1.54) is 23.9 Å². The molecule has 13 heteroatoms. The smallest absolute Gasteiger partial charge is 0.426 e. The third-order valence-corrected chi connectivity index (χ3v) is 9.68. The number of aliphatic carboxylic acids is 1. The van der Waals surface area contributed by atoms with Gasteiger partial charge in [0.15, 0.2) is 0 Å². The number of nitrogens with one attached hydrogen (secondary N) is 2. The van der Waals surface area contributed by atoms with Gasteiger partial charge >= 0.3 is 12.1 Å². The van der Waals surface area contributed by atoms with Gasteiger partial charge in [-0.2, -0.15) is 13.2 Å². The molecule has 0 spiro atoms. The third kappa shape index (κ3) is 13.5. The van der Waals surface area contributed by atoms with E-state index < -0.39 is 30.2 Å². The minimum absolute atomic E-state index is 0.0385. The number of halogens is 3. The molecular formula is C35H42F3N2O6PS. The van der Waals surface area contributed by atoms with Crippen molar-refractivity contribution < 1.29 is 42.4 Å². The highest BCUT2D eigenvalue weighted by Gasteiger charge is 2.36. The molecule has 4 aromatic rings. The van der Waals surface area contributed by atoms with E-state index in [0.717, 1.165) is 12.0 Å². The van der Waals surface area contributed by atoms with Crippen molar-refractivity contribution in [1.82, 2.24) is 10.6 Å². The molecule has 1 aromatic heterocycles. The van der Waals surface area contributed by atoms with E-state index in [0.29, 0.717) is 53.7 Å². The van der Waals surface area contributed by atoms with Crippen molar-refractivity contribution in [3.05, 3.63) is 111 Å². The first-order valence-corrected chi connectivity index (χ1v) is 18.4. The topological polar surface area (TPSA) is 128 Å². The fourth-order valence-corrected chi connectivity index (χ4v) is 6.01. The SMILES string of the molecule is CCc1ccc(CNCCC(O)P(C)(=O)O)cc1.O=C(O)CCNCc1ccc(OCc2cc(-c3ccccc3)c(C(F)(F)F)s2)cc1. The van der Waals surface area contributed by atoms with Crippen LogP contribution in [0.15, 0.2) is 84.9 Å². The molecule has 1 heterocycles. The summed E-state index contributed by atoms with van der Waals surface area (Å²) in [4.78, 5) is 19.5. The summed E-state index contributed by atoms with van der Waals surface area (Å²) in [7, 11) is -3.36. The summed E-state index contributed by atoms with van der Waals surface area (Å²) in [6.07, 6.45) is -3.06. The van der Waals surface area contributed by atoms with Gasteiger partial charge in [0.2, 0.25) is 7.37 Å². The van der Waals surface area contributed by atoms with Gasteiger partial charge in [-0.3, -0.25) is 9.36 Å². The maximum absolute atomic E-state index is 13.5. The van der Waals surface area contributed by atoms with E-state index in [1.807, 2.05) is 12.1 Å². The average Bonchev–Trinajstić information content (AvgIpc) is 3.50. The molecule has 8 nitrogen and oxygen atoms in total. The number of ether oxygens (including phenoxy) is 1. The van der Waals surface area contributed by atoms with Crippen LogP contribution in [0.1, 0.15) is 46.2 Å². The molecule has 0 saturated carbocycles. The zero-order valence-corrected chi connectivity index (χ0v) is 28.6. The summed E-state index contributed by atoms with van der Waals surface area (Å²) >= 11 is 0.692. The van der Waals surface area contributed by atoms with Crippen LogP contribution >= 0.6 is 18.7 Å². The van der Waals surface area contributed by atoms with Crippen LogP contribution in [-0.4, -0.2) is 46.7 Å². The molecule has 0 fully saturated rings. The van der Waals surface area contributed by atoms with Crippen molar-refractivity contribution in [2.75, 3.05) is 19.8 Å². The molecule has 0 aliphatic rings. The fraction of sp³-hybridized carbons (Fsp3) is 0.343. The number of rotatable bonds is 16. The molecule has 4 rings (SSSR count). The van der Waals surface area contributed by atoms with Crippen LogP contribution in [0, 0.1) is 0 Å². The minimum Gasteiger partial charge on any atom is -0.488 e. The van der Waals surface area contributed by atoms with Crippen molar-refractivity contribution in [2.24, 2.45) is 0 Å². The maximum atomic E-state index is 13.5. The summed E-state index contributed by atoms with van der Waals surface area (Å²) in [5.74, 6) is -1.44. The van der Waals surface area contributed by atoms with Gasteiger partial charge in [0.25, 0.3) is 0 Å². The molecule has 3 aromatic carbocycles. The number of thiophene rings is 1. The molecule has 0 radical (unpaired) electrons. The van der Waals surface area contributed by atoms with Gasteiger partial charge < -0.3 is 30.5 Å². The van der Waals surface area contributed by atoms with Gasteiger partial charge in [-0.25, -0.2) is 0 Å². The zero-order valence-electron chi connectivity index (χ0n) is 26.9. The number of hydrogen-bond donors (Lipinski definition) is 5. The second-order valence-electron chi connectivity index (χ2n) is 11.1. The Morgan fingerprint density at radius 2 is 1.48 bits per heavy atom. The monoisotopic (exact) mass is 706 g/mol. The highest BCUT2D eigenvalue weighted by molar-refractivity contribution is 7.57. The van der Waals surface area contributed by atoms with Gasteiger partial charge in [0.1, 0.15) is 23.1 Å². The molecule has 5 N–H and O–H groups in total. The van der Waals surface area contributed by atoms with Crippen molar-refractivity contribution >= 4 is 24.7 Å². The molecule has 48 heavy (non-hydrogen) atoms. The Balaban J connectivity index is 0.000000297. The molecule has 0 aliphatic carbocycles. The van der Waals surface area contributed by atoms with Crippen LogP contribution in [0.5, 0.6) is 5.75 Å². The Labute approximate surface area is 283 Å². The van der Waals surface area contributed by atoms with Gasteiger partial charge in [-0.1, -0.05) is 73.7 Å². The highest BCUT2D eigenvalue weighted by atomic mass is 32.1. The Hall–Kier alpha value is -3.51.